The molecule has 6 nitrogen and oxygen atoms in total. The monoisotopic (exact) mass is 292 g/mol. The van der Waals surface area contributed by atoms with E-state index in [1.54, 1.807) is 6.20 Å². The van der Waals surface area contributed by atoms with Gasteiger partial charge in [0.1, 0.15) is 0 Å². The summed E-state index contributed by atoms with van der Waals surface area (Å²) >= 11 is 8.54. The van der Waals surface area contributed by atoms with Gasteiger partial charge in [-0.2, -0.15) is 0 Å². The fraction of sp³-hybridized carbons (Fsp3) is 0.500. The van der Waals surface area contributed by atoms with E-state index in [0.29, 0.717) is 16.2 Å². The van der Waals surface area contributed by atoms with Gasteiger partial charge in [0.15, 0.2) is 9.50 Å². The number of nitro groups is 1. The number of aromatic nitrogens is 1. The Morgan fingerprint density at radius 2 is 2.53 bits per heavy atom. The molecular formula is C8H9ClN4O2S2. The number of rotatable bonds is 3. The highest BCUT2D eigenvalue weighted by atomic mass is 35.5. The highest BCUT2D eigenvalue weighted by molar-refractivity contribution is 8.13. The van der Waals surface area contributed by atoms with Crippen LogP contribution in [0.3, 0.4) is 0 Å². The lowest BCUT2D eigenvalue weighted by Crippen LogP contribution is -2.33. The number of thiazole rings is 1. The minimum absolute atomic E-state index is 0.464. The van der Waals surface area contributed by atoms with Crippen LogP contribution in [0.5, 0.6) is 0 Å². The Hall–Kier alpha value is -0.860. The van der Waals surface area contributed by atoms with Crippen LogP contribution in [0, 0.1) is 10.1 Å². The van der Waals surface area contributed by atoms with Gasteiger partial charge in [-0.15, -0.1) is 11.3 Å². The van der Waals surface area contributed by atoms with Crippen molar-refractivity contribution in [2.24, 2.45) is 5.10 Å². The summed E-state index contributed by atoms with van der Waals surface area (Å²) in [5.41, 5.74) is 0. The second-order valence-corrected chi connectivity index (χ2v) is 6.08. The van der Waals surface area contributed by atoms with E-state index in [1.807, 2.05) is 4.90 Å². The van der Waals surface area contributed by atoms with Crippen molar-refractivity contribution >= 4 is 39.9 Å². The Balaban J connectivity index is 2.09. The Labute approximate surface area is 111 Å². The molecule has 92 valence electrons. The van der Waals surface area contributed by atoms with Gasteiger partial charge in [-0.3, -0.25) is 0 Å². The second-order valence-electron chi connectivity index (χ2n) is 3.32. The van der Waals surface area contributed by atoms with Gasteiger partial charge in [-0.25, -0.2) is 15.1 Å². The number of amidine groups is 1. The Kier molecular flexibility index (Phi) is 4.19. The third kappa shape index (κ3) is 3.55. The van der Waals surface area contributed by atoms with Crippen molar-refractivity contribution in [2.45, 2.75) is 13.0 Å². The van der Waals surface area contributed by atoms with Crippen LogP contribution in [-0.2, 0) is 6.54 Å². The molecule has 0 unspecified atom stereocenters. The minimum atomic E-state index is -0.652. The van der Waals surface area contributed by atoms with Gasteiger partial charge in [-0.05, 0) is 6.42 Å². The minimum Gasteiger partial charge on any atom is -0.341 e. The summed E-state index contributed by atoms with van der Waals surface area (Å²) in [7, 11) is 0. The molecule has 9 heteroatoms. The Bertz CT molecular complexity index is 450. The first kappa shape index (κ1) is 12.6. The van der Waals surface area contributed by atoms with Crippen molar-refractivity contribution in [1.29, 1.82) is 0 Å². The smallest absolute Gasteiger partial charge is 0.237 e. The molecule has 1 aromatic heterocycles. The lowest BCUT2D eigenvalue weighted by atomic mass is 10.4. The van der Waals surface area contributed by atoms with Gasteiger partial charge in [-0.1, -0.05) is 23.4 Å². The molecule has 2 rings (SSSR count). The van der Waals surface area contributed by atoms with E-state index in [4.69, 9.17) is 11.6 Å². The fourth-order valence-corrected chi connectivity index (χ4v) is 3.37. The second kappa shape index (κ2) is 5.65. The van der Waals surface area contributed by atoms with Crippen molar-refractivity contribution in [3.05, 3.63) is 25.7 Å². The van der Waals surface area contributed by atoms with Crippen molar-refractivity contribution in [3.8, 4) is 0 Å². The van der Waals surface area contributed by atoms with Gasteiger partial charge < -0.3 is 4.90 Å². The zero-order valence-electron chi connectivity index (χ0n) is 8.71. The number of halogens is 1. The van der Waals surface area contributed by atoms with E-state index in [9.17, 15) is 10.1 Å². The number of hydrazone groups is 1. The Morgan fingerprint density at radius 3 is 3.18 bits per heavy atom. The van der Waals surface area contributed by atoms with Gasteiger partial charge in [0.05, 0.1) is 11.6 Å². The van der Waals surface area contributed by atoms with Gasteiger partial charge in [0.25, 0.3) is 0 Å². The molecule has 0 N–H and O–H groups in total. The standard InChI is InChI=1S/C8H9ClN4O2S2/c9-7-10-4-6(17-7)5-12-2-1-3-16-8(12)11-13(14)15/h4H,1-3,5H2/b11-8-. The first-order valence-electron chi connectivity index (χ1n) is 4.86. The van der Waals surface area contributed by atoms with Crippen LogP contribution in [0.15, 0.2) is 11.3 Å². The molecule has 2 heterocycles. The van der Waals surface area contributed by atoms with Crippen LogP contribution in [0.2, 0.25) is 4.47 Å². The average Bonchev–Trinajstić information content (AvgIpc) is 2.66. The van der Waals surface area contributed by atoms with Gasteiger partial charge in [0, 0.05) is 23.4 Å². The van der Waals surface area contributed by atoms with E-state index < -0.39 is 5.03 Å². The molecule has 1 aliphatic heterocycles. The third-order valence-corrected chi connectivity index (χ3v) is 4.30. The van der Waals surface area contributed by atoms with Crippen molar-refractivity contribution in [3.63, 3.8) is 0 Å². The van der Waals surface area contributed by atoms with Gasteiger partial charge >= 0.3 is 0 Å². The molecule has 0 bridgehead atoms. The van der Waals surface area contributed by atoms with Crippen molar-refractivity contribution in [2.75, 3.05) is 12.3 Å². The van der Waals surface area contributed by atoms with E-state index in [0.717, 1.165) is 23.6 Å². The van der Waals surface area contributed by atoms with Crippen LogP contribution >= 0.6 is 34.7 Å². The zero-order valence-corrected chi connectivity index (χ0v) is 11.1. The molecule has 0 saturated carbocycles. The maximum absolute atomic E-state index is 10.4. The Morgan fingerprint density at radius 1 is 1.71 bits per heavy atom. The van der Waals surface area contributed by atoms with Crippen molar-refractivity contribution < 1.29 is 5.03 Å². The number of hydrogen-bond donors (Lipinski definition) is 0. The fourth-order valence-electron chi connectivity index (χ4n) is 1.46. The van der Waals surface area contributed by atoms with E-state index in [1.165, 1.54) is 23.1 Å². The van der Waals surface area contributed by atoms with Crippen LogP contribution in [0.1, 0.15) is 11.3 Å². The summed E-state index contributed by atoms with van der Waals surface area (Å²) in [6.45, 7) is 1.35. The summed E-state index contributed by atoms with van der Waals surface area (Å²) in [5, 5.41) is 13.6. The van der Waals surface area contributed by atoms with Crippen LogP contribution < -0.4 is 0 Å². The van der Waals surface area contributed by atoms with Crippen LogP contribution in [0.25, 0.3) is 0 Å². The maximum atomic E-state index is 10.4. The third-order valence-electron chi connectivity index (χ3n) is 2.11. The summed E-state index contributed by atoms with van der Waals surface area (Å²) in [5.74, 6) is 0.868. The molecule has 0 aliphatic carbocycles. The molecular weight excluding hydrogens is 284 g/mol. The van der Waals surface area contributed by atoms with E-state index in [-0.39, 0.29) is 0 Å². The summed E-state index contributed by atoms with van der Waals surface area (Å²) < 4.78 is 0.484. The highest BCUT2D eigenvalue weighted by Crippen LogP contribution is 2.24. The quantitative estimate of drug-likeness (QED) is 0.631. The zero-order chi connectivity index (χ0) is 12.3. The molecule has 1 aromatic rings. The molecule has 0 amide bonds. The van der Waals surface area contributed by atoms with Crippen LogP contribution in [0.4, 0.5) is 0 Å². The molecule has 1 aliphatic rings. The first-order chi connectivity index (χ1) is 8.15. The maximum Gasteiger partial charge on any atom is 0.237 e. The summed E-state index contributed by atoms with van der Waals surface area (Å²) in [4.78, 5) is 17.2. The van der Waals surface area contributed by atoms with E-state index in [2.05, 4.69) is 10.1 Å². The number of hydrogen-bond acceptors (Lipinski definition) is 5. The molecule has 0 radical (unpaired) electrons. The highest BCUT2D eigenvalue weighted by Gasteiger charge is 2.21. The topological polar surface area (TPSA) is 71.6 Å². The normalized spacial score (nSPS) is 18.6. The lowest BCUT2D eigenvalue weighted by molar-refractivity contribution is -0.485. The predicted molar refractivity (Wildman–Crippen MR) is 69.0 cm³/mol. The first-order valence-corrected chi connectivity index (χ1v) is 7.04. The molecule has 1 fully saturated rings. The molecule has 17 heavy (non-hydrogen) atoms. The lowest BCUT2D eigenvalue weighted by Gasteiger charge is -2.26. The predicted octanol–water partition coefficient (Wildman–Crippen LogP) is 2.28. The van der Waals surface area contributed by atoms with Crippen molar-refractivity contribution in [1.82, 2.24) is 9.88 Å². The SMILES string of the molecule is O=[N+]([O-])/N=C1\SCCCN1Cc1cnc(Cl)s1. The molecule has 0 atom stereocenters. The van der Waals surface area contributed by atoms with E-state index >= 15 is 0 Å². The average molecular weight is 293 g/mol. The largest absolute Gasteiger partial charge is 0.341 e. The summed E-state index contributed by atoms with van der Waals surface area (Å²) in [6, 6.07) is 0. The summed E-state index contributed by atoms with van der Waals surface area (Å²) in [6.07, 6.45) is 2.68. The molecule has 1 saturated heterocycles. The number of thioether (sulfide) groups is 1. The van der Waals surface area contributed by atoms with Crippen LogP contribution in [-0.4, -0.2) is 32.4 Å². The number of nitrogens with zero attached hydrogens (tertiary/aromatic N) is 4. The molecule has 0 aromatic carbocycles. The van der Waals surface area contributed by atoms with Gasteiger partial charge in [0.2, 0.25) is 5.17 Å². The molecule has 0 spiro atoms.